The van der Waals surface area contributed by atoms with E-state index in [1.165, 1.54) is 7.05 Å². The van der Waals surface area contributed by atoms with Gasteiger partial charge in [-0.2, -0.15) is 0 Å². The molecule has 17 heteroatoms. The van der Waals surface area contributed by atoms with Crippen LogP contribution in [0.15, 0.2) is 85.1 Å². The number of aryl methyl sites for hydroxylation is 1. The number of nitrogens with two attached hydrogens (primary N) is 2. The predicted octanol–water partition coefficient (Wildman–Crippen LogP) is 3.05. The number of aromatic amines is 1. The molecular weight excluding hydrogens is 785 g/mol. The van der Waals surface area contributed by atoms with E-state index in [1.54, 1.807) is 69.4 Å². The molecular formula is C44H56N8O9. The molecule has 0 spiro atoms. The summed E-state index contributed by atoms with van der Waals surface area (Å²) in [6.45, 7) is 6.81. The van der Waals surface area contributed by atoms with Crippen LogP contribution >= 0.6 is 0 Å². The van der Waals surface area contributed by atoms with Crippen molar-refractivity contribution in [2.24, 2.45) is 11.5 Å². The first-order valence-electron chi connectivity index (χ1n) is 19.9. The molecule has 1 heterocycles. The monoisotopic (exact) mass is 840 g/mol. The van der Waals surface area contributed by atoms with Gasteiger partial charge in [0, 0.05) is 42.7 Å². The number of carbonyl (C=O) groups is 7. The maximum atomic E-state index is 14.2. The Balaban J connectivity index is 1.61. The average molecular weight is 841 g/mol. The van der Waals surface area contributed by atoms with Crippen LogP contribution in [0.3, 0.4) is 0 Å². The van der Waals surface area contributed by atoms with Crippen LogP contribution in [0.1, 0.15) is 63.1 Å². The first kappa shape index (κ1) is 46.9. The highest BCUT2D eigenvalue weighted by atomic mass is 16.6. The number of ether oxygens (including phenoxy) is 1. The number of para-hydroxylation sites is 2. The maximum absolute atomic E-state index is 14.2. The van der Waals surface area contributed by atoms with E-state index in [0.29, 0.717) is 16.8 Å². The summed E-state index contributed by atoms with van der Waals surface area (Å²) >= 11 is 0. The fraction of sp³-hybridized carbons (Fsp3) is 0.386. The highest BCUT2D eigenvalue weighted by molar-refractivity contribution is 5.97. The van der Waals surface area contributed by atoms with Crippen LogP contribution in [-0.4, -0.2) is 99.4 Å². The van der Waals surface area contributed by atoms with Crippen molar-refractivity contribution in [3.63, 3.8) is 0 Å². The second kappa shape index (κ2) is 21.5. The number of fused-ring (bicyclic) bond motifs is 1. The lowest BCUT2D eigenvalue weighted by Gasteiger charge is -2.30. The van der Waals surface area contributed by atoms with Crippen molar-refractivity contribution in [1.82, 2.24) is 25.8 Å². The molecule has 0 saturated carbocycles. The summed E-state index contributed by atoms with van der Waals surface area (Å²) in [5, 5.41) is 21.1. The van der Waals surface area contributed by atoms with E-state index < -0.39 is 83.8 Å². The lowest BCUT2D eigenvalue weighted by Crippen LogP contribution is -2.59. The fourth-order valence-electron chi connectivity index (χ4n) is 6.64. The number of aromatic nitrogens is 1. The number of carbonyl (C=O) groups excluding carboxylic acids is 6. The number of hydrogen-bond donors (Lipinski definition) is 8. The number of benzene rings is 3. The molecule has 1 unspecified atom stereocenters. The van der Waals surface area contributed by atoms with E-state index in [4.69, 9.17) is 16.2 Å². The molecule has 5 atom stereocenters. The van der Waals surface area contributed by atoms with Gasteiger partial charge in [-0.25, -0.2) is 4.79 Å². The molecule has 6 amide bonds. The third kappa shape index (κ3) is 14.2. The quantitative estimate of drug-likeness (QED) is 0.0645. The third-order valence-corrected chi connectivity index (χ3v) is 9.90. The van der Waals surface area contributed by atoms with Gasteiger partial charge in [-0.05, 0) is 75.8 Å². The number of rotatable bonds is 20. The Morgan fingerprint density at radius 1 is 0.787 bits per heavy atom. The molecule has 0 fully saturated rings. The van der Waals surface area contributed by atoms with Gasteiger partial charge in [0.25, 0.3) is 0 Å². The first-order valence-corrected chi connectivity index (χ1v) is 19.9. The average Bonchev–Trinajstić information content (AvgIpc) is 3.61. The Hall–Kier alpha value is -6.75. The van der Waals surface area contributed by atoms with E-state index in [0.717, 1.165) is 21.4 Å². The van der Waals surface area contributed by atoms with Crippen molar-refractivity contribution in [2.45, 2.75) is 102 Å². The molecule has 0 aliphatic carbocycles. The zero-order valence-corrected chi connectivity index (χ0v) is 35.0. The zero-order valence-electron chi connectivity index (χ0n) is 35.0. The summed E-state index contributed by atoms with van der Waals surface area (Å²) in [6, 6.07) is 16.6. The van der Waals surface area contributed by atoms with Gasteiger partial charge in [0.05, 0.1) is 12.5 Å². The van der Waals surface area contributed by atoms with Crippen molar-refractivity contribution >= 4 is 58.2 Å². The Morgan fingerprint density at radius 3 is 2.07 bits per heavy atom. The largest absolute Gasteiger partial charge is 0.481 e. The summed E-state index contributed by atoms with van der Waals surface area (Å²) < 4.78 is 5.45. The van der Waals surface area contributed by atoms with Crippen molar-refractivity contribution in [3.8, 4) is 0 Å². The maximum Gasteiger partial charge on any atom is 0.408 e. The normalized spacial score (nSPS) is 13.7. The van der Waals surface area contributed by atoms with E-state index in [1.807, 2.05) is 43.3 Å². The Morgan fingerprint density at radius 2 is 1.41 bits per heavy atom. The van der Waals surface area contributed by atoms with Crippen LogP contribution in [0, 0.1) is 6.92 Å². The minimum absolute atomic E-state index is 0.0188. The molecule has 0 aliphatic heterocycles. The van der Waals surface area contributed by atoms with Gasteiger partial charge < -0.3 is 52.5 Å². The van der Waals surface area contributed by atoms with Crippen LogP contribution in [0.5, 0.6) is 0 Å². The lowest BCUT2D eigenvalue weighted by molar-refractivity contribution is -0.146. The molecule has 1 aromatic heterocycles. The number of nitrogens with zero attached hydrogens (tertiary/aromatic N) is 1. The Labute approximate surface area is 354 Å². The van der Waals surface area contributed by atoms with Crippen molar-refractivity contribution in [1.29, 1.82) is 0 Å². The molecule has 4 aromatic rings. The number of H-pyrrole nitrogens is 1. The third-order valence-electron chi connectivity index (χ3n) is 9.90. The van der Waals surface area contributed by atoms with Gasteiger partial charge in [0.1, 0.15) is 29.8 Å². The van der Waals surface area contributed by atoms with Gasteiger partial charge in [0.2, 0.25) is 29.5 Å². The molecule has 0 aliphatic rings. The van der Waals surface area contributed by atoms with E-state index in [9.17, 15) is 38.7 Å². The van der Waals surface area contributed by atoms with Crippen molar-refractivity contribution < 1.29 is 43.4 Å². The van der Waals surface area contributed by atoms with Crippen LogP contribution < -0.4 is 32.7 Å². The fourth-order valence-corrected chi connectivity index (χ4v) is 6.64. The summed E-state index contributed by atoms with van der Waals surface area (Å²) in [4.78, 5) is 97.2. The molecule has 10 N–H and O–H groups in total. The van der Waals surface area contributed by atoms with Crippen molar-refractivity contribution in [3.05, 3.63) is 102 Å². The highest BCUT2D eigenvalue weighted by Gasteiger charge is 2.35. The molecule has 4 rings (SSSR count). The number of alkyl carbamates (subject to hydrolysis) is 1. The zero-order chi connectivity index (χ0) is 44.9. The number of carboxylic acids is 1. The van der Waals surface area contributed by atoms with E-state index >= 15 is 0 Å². The standard InChI is InChI=1S/C44H56N8O9/c1-26-14-9-11-19-31(26)48-39(56)30(45)18-13-21-33(40(57)50-35(24-37(53)54)42(59)52(5)36(38(46)55)22-27-15-7-6-8-16-27)49-41(58)34(51-43(60)61-44(2,3)4)23-28-25-47-32-20-12-10-17-29(28)32/h6-12,14-17,19-20,25,30,33-36,47H,13,18,21-24,45H2,1-5H3,(H2,46,55)(H,48,56)(H,49,58)(H,50,57)(H,51,60)(H,53,54)/t30?,33-,34-,35-,36-/m0/s1. The predicted molar refractivity (Wildman–Crippen MR) is 229 cm³/mol. The van der Waals surface area contributed by atoms with Gasteiger partial charge >= 0.3 is 12.1 Å². The SMILES string of the molecule is Cc1ccccc1NC(=O)C(N)CCC[C@H](NC(=O)[C@H](Cc1c[nH]c2ccccc12)NC(=O)OC(C)(C)C)C(=O)N[C@@H](CC(=O)O)C(=O)N(C)[C@@H](Cc1ccccc1)C(N)=O. The number of primary amides is 1. The van der Waals surface area contributed by atoms with Crippen LogP contribution in [-0.2, 0) is 46.3 Å². The molecule has 17 nitrogen and oxygen atoms in total. The van der Waals surface area contributed by atoms with Gasteiger partial charge in [0.15, 0.2) is 0 Å². The summed E-state index contributed by atoms with van der Waals surface area (Å²) in [7, 11) is 1.28. The Kier molecular flexibility index (Phi) is 16.5. The number of carboxylic acid groups (broad SMARTS) is 1. The van der Waals surface area contributed by atoms with E-state index in [-0.39, 0.29) is 32.1 Å². The molecule has 0 bridgehead atoms. The van der Waals surface area contributed by atoms with Crippen molar-refractivity contribution in [2.75, 3.05) is 12.4 Å². The number of nitrogens with one attached hydrogen (secondary N) is 5. The molecule has 0 radical (unpaired) electrons. The highest BCUT2D eigenvalue weighted by Crippen LogP contribution is 2.20. The second-order valence-electron chi connectivity index (χ2n) is 15.9. The smallest absolute Gasteiger partial charge is 0.408 e. The van der Waals surface area contributed by atoms with Crippen LogP contribution in [0.4, 0.5) is 10.5 Å². The minimum atomic E-state index is -1.70. The summed E-state index contributed by atoms with van der Waals surface area (Å²) in [5.74, 6) is -5.42. The summed E-state index contributed by atoms with van der Waals surface area (Å²) in [6.07, 6.45) is -0.0486. The lowest BCUT2D eigenvalue weighted by atomic mass is 10.0. The topological polar surface area (TPSA) is 268 Å². The minimum Gasteiger partial charge on any atom is -0.481 e. The first-order chi connectivity index (χ1) is 28.8. The van der Waals surface area contributed by atoms with Crippen LogP contribution in [0.25, 0.3) is 10.9 Å². The molecule has 3 aromatic carbocycles. The number of aliphatic carboxylic acids is 1. The van der Waals surface area contributed by atoms with Gasteiger partial charge in [-0.3, -0.25) is 28.8 Å². The van der Waals surface area contributed by atoms with Gasteiger partial charge in [-0.15, -0.1) is 0 Å². The van der Waals surface area contributed by atoms with Gasteiger partial charge in [-0.1, -0.05) is 66.7 Å². The molecule has 0 saturated heterocycles. The van der Waals surface area contributed by atoms with E-state index in [2.05, 4.69) is 26.3 Å². The van der Waals surface area contributed by atoms with Crippen LogP contribution in [0.2, 0.25) is 0 Å². The number of amides is 6. The summed E-state index contributed by atoms with van der Waals surface area (Å²) in [5.41, 5.74) is 14.6. The molecule has 61 heavy (non-hydrogen) atoms. The number of anilines is 1. The number of likely N-dealkylation sites (N-methyl/N-ethyl adjacent to an activating group) is 1. The molecule has 326 valence electrons. The second-order valence-corrected chi connectivity index (χ2v) is 15.9. The number of hydrogen-bond acceptors (Lipinski definition) is 9. The Bertz CT molecular complexity index is 2190.